The molecule has 1 aliphatic heterocycles. The number of nitrogens with zero attached hydrogens (tertiary/aromatic N) is 4. The minimum absolute atomic E-state index is 0.218. The minimum atomic E-state index is -0.218. The van der Waals surface area contributed by atoms with Crippen LogP contribution in [0.25, 0.3) is 10.9 Å². The average molecular weight is 324 g/mol. The molecule has 0 unspecified atom stereocenters. The number of aryl methyl sites for hydroxylation is 1. The molecule has 0 radical (unpaired) electrons. The number of anilines is 1. The van der Waals surface area contributed by atoms with Crippen LogP contribution in [0.4, 0.5) is 10.2 Å². The fraction of sp³-hybridized carbons (Fsp3) is 0.316. The van der Waals surface area contributed by atoms with E-state index < -0.39 is 0 Å². The number of fused-ring (bicyclic) bond motifs is 1. The lowest BCUT2D eigenvalue weighted by Gasteiger charge is -2.35. The third-order valence-electron chi connectivity index (χ3n) is 4.71. The molecule has 3 aromatic rings. The Morgan fingerprint density at radius 2 is 1.75 bits per heavy atom. The van der Waals surface area contributed by atoms with Gasteiger partial charge in [0.1, 0.15) is 5.82 Å². The van der Waals surface area contributed by atoms with Crippen molar-refractivity contribution in [2.45, 2.75) is 6.54 Å². The molecule has 0 spiro atoms. The summed E-state index contributed by atoms with van der Waals surface area (Å²) < 4.78 is 15.2. The van der Waals surface area contributed by atoms with Crippen molar-refractivity contribution >= 4 is 16.7 Å². The molecule has 1 aliphatic rings. The first-order valence-electron chi connectivity index (χ1n) is 8.34. The van der Waals surface area contributed by atoms with Crippen molar-refractivity contribution in [2.75, 3.05) is 31.1 Å². The molecule has 5 heteroatoms. The van der Waals surface area contributed by atoms with Crippen molar-refractivity contribution < 1.29 is 4.39 Å². The predicted octanol–water partition coefficient (Wildman–Crippen LogP) is 3.03. The number of piperazine rings is 1. The lowest BCUT2D eigenvalue weighted by Crippen LogP contribution is -2.46. The van der Waals surface area contributed by atoms with Gasteiger partial charge in [0.25, 0.3) is 0 Å². The highest BCUT2D eigenvalue weighted by Gasteiger charge is 2.21. The maximum absolute atomic E-state index is 13.5. The van der Waals surface area contributed by atoms with E-state index in [1.807, 2.05) is 13.1 Å². The van der Waals surface area contributed by atoms with E-state index in [-0.39, 0.29) is 5.82 Å². The van der Waals surface area contributed by atoms with Gasteiger partial charge in [-0.05, 0) is 23.8 Å². The molecule has 4 nitrogen and oxygen atoms in total. The fourth-order valence-corrected chi connectivity index (χ4v) is 3.40. The number of hydrogen-bond acceptors (Lipinski definition) is 3. The van der Waals surface area contributed by atoms with Gasteiger partial charge in [0.2, 0.25) is 0 Å². The predicted molar refractivity (Wildman–Crippen MR) is 94.6 cm³/mol. The van der Waals surface area contributed by atoms with Crippen LogP contribution in [0, 0.1) is 5.82 Å². The maximum Gasteiger partial charge on any atom is 0.158 e. The Labute approximate surface area is 141 Å². The summed E-state index contributed by atoms with van der Waals surface area (Å²) in [5.41, 5.74) is 2.20. The third kappa shape index (κ3) is 2.87. The summed E-state index contributed by atoms with van der Waals surface area (Å²) in [5.74, 6) is 0.747. The van der Waals surface area contributed by atoms with Gasteiger partial charge in [-0.3, -0.25) is 9.58 Å². The van der Waals surface area contributed by atoms with Crippen molar-refractivity contribution in [3.05, 3.63) is 59.9 Å². The highest BCUT2D eigenvalue weighted by molar-refractivity contribution is 5.90. The molecule has 1 aromatic heterocycles. The van der Waals surface area contributed by atoms with E-state index in [9.17, 15) is 4.39 Å². The average Bonchev–Trinajstić information content (AvgIpc) is 2.93. The summed E-state index contributed by atoms with van der Waals surface area (Å²) in [7, 11) is 1.87. The number of halogens is 1. The second kappa shape index (κ2) is 6.24. The Hall–Kier alpha value is -2.40. The SMILES string of the molecule is Cn1nc(N2CCN(Cc3ccccc3)CC2)c2ccc(F)cc21. The van der Waals surface area contributed by atoms with Crippen LogP contribution in [0.3, 0.4) is 0 Å². The molecule has 0 aliphatic carbocycles. The second-order valence-corrected chi connectivity index (χ2v) is 6.36. The van der Waals surface area contributed by atoms with Crippen LogP contribution in [-0.2, 0) is 13.6 Å². The number of rotatable bonds is 3. The third-order valence-corrected chi connectivity index (χ3v) is 4.71. The highest BCUT2D eigenvalue weighted by Crippen LogP contribution is 2.27. The molecule has 0 atom stereocenters. The Morgan fingerprint density at radius 1 is 1.00 bits per heavy atom. The summed E-state index contributed by atoms with van der Waals surface area (Å²) in [4.78, 5) is 4.78. The summed E-state index contributed by atoms with van der Waals surface area (Å²) in [6.07, 6.45) is 0. The van der Waals surface area contributed by atoms with Gasteiger partial charge in [-0.2, -0.15) is 5.10 Å². The van der Waals surface area contributed by atoms with Gasteiger partial charge in [0, 0.05) is 45.2 Å². The number of aromatic nitrogens is 2. The topological polar surface area (TPSA) is 24.3 Å². The Kier molecular flexibility index (Phi) is 3.94. The van der Waals surface area contributed by atoms with Crippen molar-refractivity contribution in [3.8, 4) is 0 Å². The van der Waals surface area contributed by atoms with Crippen molar-refractivity contribution in [3.63, 3.8) is 0 Å². The maximum atomic E-state index is 13.5. The van der Waals surface area contributed by atoms with Gasteiger partial charge in [-0.1, -0.05) is 30.3 Å². The first-order chi connectivity index (χ1) is 11.7. The smallest absolute Gasteiger partial charge is 0.158 e. The molecular weight excluding hydrogens is 303 g/mol. The lowest BCUT2D eigenvalue weighted by molar-refractivity contribution is 0.249. The number of benzene rings is 2. The molecular formula is C19H21FN4. The van der Waals surface area contributed by atoms with E-state index in [4.69, 9.17) is 0 Å². The van der Waals surface area contributed by atoms with Crippen LogP contribution in [-0.4, -0.2) is 40.9 Å². The molecule has 0 amide bonds. The van der Waals surface area contributed by atoms with Crippen molar-refractivity contribution in [1.29, 1.82) is 0 Å². The van der Waals surface area contributed by atoms with Crippen LogP contribution in [0.2, 0.25) is 0 Å². The molecule has 2 aromatic carbocycles. The first kappa shape index (κ1) is 15.1. The zero-order valence-electron chi connectivity index (χ0n) is 13.8. The Balaban J connectivity index is 1.48. The van der Waals surface area contributed by atoms with Crippen LogP contribution in [0.15, 0.2) is 48.5 Å². The number of hydrogen-bond donors (Lipinski definition) is 0. The van der Waals surface area contributed by atoms with Crippen LogP contribution < -0.4 is 4.90 Å². The van der Waals surface area contributed by atoms with Crippen LogP contribution >= 0.6 is 0 Å². The van der Waals surface area contributed by atoms with Gasteiger partial charge in [0.05, 0.1) is 5.52 Å². The van der Waals surface area contributed by atoms with Gasteiger partial charge >= 0.3 is 0 Å². The molecule has 1 saturated heterocycles. The summed E-state index contributed by atoms with van der Waals surface area (Å²) in [6, 6.07) is 15.5. The van der Waals surface area contributed by atoms with Gasteiger partial charge in [0.15, 0.2) is 5.82 Å². The molecule has 24 heavy (non-hydrogen) atoms. The Morgan fingerprint density at radius 3 is 2.50 bits per heavy atom. The monoisotopic (exact) mass is 324 g/mol. The van der Waals surface area contributed by atoms with Crippen molar-refractivity contribution in [1.82, 2.24) is 14.7 Å². The molecule has 1 fully saturated rings. The van der Waals surface area contributed by atoms with Crippen LogP contribution in [0.5, 0.6) is 0 Å². The molecule has 124 valence electrons. The molecule has 4 rings (SSSR count). The highest BCUT2D eigenvalue weighted by atomic mass is 19.1. The second-order valence-electron chi connectivity index (χ2n) is 6.36. The Bertz CT molecular complexity index is 835. The zero-order chi connectivity index (χ0) is 16.5. The largest absolute Gasteiger partial charge is 0.352 e. The summed E-state index contributed by atoms with van der Waals surface area (Å²) in [6.45, 7) is 4.89. The molecule has 0 saturated carbocycles. The minimum Gasteiger partial charge on any atom is -0.352 e. The van der Waals surface area contributed by atoms with E-state index in [2.05, 4.69) is 45.2 Å². The van der Waals surface area contributed by atoms with Crippen LogP contribution in [0.1, 0.15) is 5.56 Å². The quantitative estimate of drug-likeness (QED) is 0.740. The van der Waals surface area contributed by atoms with Gasteiger partial charge in [-0.25, -0.2) is 4.39 Å². The molecule has 0 N–H and O–H groups in total. The summed E-state index contributed by atoms with van der Waals surface area (Å²) >= 11 is 0. The van der Waals surface area contributed by atoms with E-state index in [1.165, 1.54) is 11.6 Å². The summed E-state index contributed by atoms with van der Waals surface area (Å²) in [5, 5.41) is 5.64. The first-order valence-corrected chi connectivity index (χ1v) is 8.34. The molecule has 0 bridgehead atoms. The zero-order valence-corrected chi connectivity index (χ0v) is 13.8. The molecule has 2 heterocycles. The van der Waals surface area contributed by atoms with Gasteiger partial charge in [-0.15, -0.1) is 0 Å². The van der Waals surface area contributed by atoms with Gasteiger partial charge < -0.3 is 4.90 Å². The van der Waals surface area contributed by atoms with Crippen molar-refractivity contribution in [2.24, 2.45) is 7.05 Å². The van der Waals surface area contributed by atoms with E-state index >= 15 is 0 Å². The standard InChI is InChI=1S/C19H21FN4/c1-22-18-13-16(20)7-8-17(18)19(21-22)24-11-9-23(10-12-24)14-15-5-3-2-4-6-15/h2-8,13H,9-12,14H2,1H3. The lowest BCUT2D eigenvalue weighted by atomic mass is 10.2. The van der Waals surface area contributed by atoms with E-state index in [0.29, 0.717) is 0 Å². The van der Waals surface area contributed by atoms with E-state index in [0.717, 1.165) is 49.4 Å². The van der Waals surface area contributed by atoms with E-state index in [1.54, 1.807) is 10.7 Å². The normalized spacial score (nSPS) is 16.0. The fourth-order valence-electron chi connectivity index (χ4n) is 3.40.